The van der Waals surface area contributed by atoms with E-state index < -0.39 is 0 Å². The maximum absolute atomic E-state index is 12.3. The normalized spacial score (nSPS) is 13.0. The Morgan fingerprint density at radius 1 is 1.00 bits per heavy atom. The van der Waals surface area contributed by atoms with E-state index in [0.717, 1.165) is 17.7 Å². The van der Waals surface area contributed by atoms with Crippen LogP contribution in [0.3, 0.4) is 0 Å². The van der Waals surface area contributed by atoms with Gasteiger partial charge in [-0.2, -0.15) is 0 Å². The minimum atomic E-state index is -0.321. The van der Waals surface area contributed by atoms with Crippen LogP contribution in [0.2, 0.25) is 0 Å². The molecule has 0 unspecified atom stereocenters. The summed E-state index contributed by atoms with van der Waals surface area (Å²) in [6.07, 6.45) is 1.88. The zero-order chi connectivity index (χ0) is 19.4. The van der Waals surface area contributed by atoms with Gasteiger partial charge in [0.15, 0.2) is 0 Å². The SMILES string of the molecule is Cc1ccc(CCCNC(=O)CCN2C(=O)c3ccccc3C2=O)c(C)c1. The van der Waals surface area contributed by atoms with Crippen LogP contribution in [0.4, 0.5) is 0 Å². The quantitative estimate of drug-likeness (QED) is 0.607. The van der Waals surface area contributed by atoms with E-state index in [0.29, 0.717) is 17.7 Å². The van der Waals surface area contributed by atoms with Crippen molar-refractivity contribution in [3.05, 3.63) is 70.3 Å². The highest BCUT2D eigenvalue weighted by Crippen LogP contribution is 2.22. The number of rotatable bonds is 7. The van der Waals surface area contributed by atoms with Crippen LogP contribution in [-0.4, -0.2) is 35.7 Å². The fourth-order valence-electron chi connectivity index (χ4n) is 3.38. The largest absolute Gasteiger partial charge is 0.356 e. The number of nitrogens with one attached hydrogen (secondary N) is 1. The van der Waals surface area contributed by atoms with Gasteiger partial charge in [-0.3, -0.25) is 19.3 Å². The number of amides is 3. The summed E-state index contributed by atoms with van der Waals surface area (Å²) in [4.78, 5) is 37.7. The van der Waals surface area contributed by atoms with Gasteiger partial charge in [0.05, 0.1) is 11.1 Å². The van der Waals surface area contributed by atoms with Gasteiger partial charge < -0.3 is 5.32 Å². The van der Waals surface area contributed by atoms with Crippen LogP contribution in [-0.2, 0) is 11.2 Å². The first-order valence-electron chi connectivity index (χ1n) is 9.25. The van der Waals surface area contributed by atoms with E-state index in [9.17, 15) is 14.4 Å². The molecule has 2 aromatic rings. The highest BCUT2D eigenvalue weighted by atomic mass is 16.2. The number of nitrogens with zero attached hydrogens (tertiary/aromatic N) is 1. The third-order valence-electron chi connectivity index (χ3n) is 4.88. The lowest BCUT2D eigenvalue weighted by Crippen LogP contribution is -2.34. The maximum atomic E-state index is 12.3. The second-order valence-corrected chi connectivity index (χ2v) is 6.94. The van der Waals surface area contributed by atoms with E-state index in [4.69, 9.17) is 0 Å². The van der Waals surface area contributed by atoms with E-state index in [1.807, 2.05) is 0 Å². The van der Waals surface area contributed by atoms with Gasteiger partial charge in [-0.15, -0.1) is 0 Å². The van der Waals surface area contributed by atoms with Crippen LogP contribution in [0.25, 0.3) is 0 Å². The first kappa shape index (κ1) is 18.8. The Morgan fingerprint density at radius 3 is 2.30 bits per heavy atom. The minimum absolute atomic E-state index is 0.106. The molecule has 0 aromatic heterocycles. The molecule has 1 aliphatic heterocycles. The predicted octanol–water partition coefficient (Wildman–Crippen LogP) is 3.04. The number of hydrogen-bond donors (Lipinski definition) is 1. The Kier molecular flexibility index (Phi) is 5.69. The summed E-state index contributed by atoms with van der Waals surface area (Å²) in [6, 6.07) is 13.1. The summed E-state index contributed by atoms with van der Waals surface area (Å²) in [6.45, 7) is 4.86. The van der Waals surface area contributed by atoms with Crippen molar-refractivity contribution in [1.82, 2.24) is 10.2 Å². The topological polar surface area (TPSA) is 66.5 Å². The molecule has 0 fully saturated rings. The van der Waals surface area contributed by atoms with Gasteiger partial charge in [0.25, 0.3) is 11.8 Å². The Balaban J connectivity index is 1.42. The molecule has 1 N–H and O–H groups in total. The minimum Gasteiger partial charge on any atom is -0.356 e. The van der Waals surface area contributed by atoms with Crippen LogP contribution in [0, 0.1) is 13.8 Å². The van der Waals surface area contributed by atoms with Gasteiger partial charge in [-0.1, -0.05) is 35.9 Å². The van der Waals surface area contributed by atoms with Crippen LogP contribution in [0.15, 0.2) is 42.5 Å². The third-order valence-corrected chi connectivity index (χ3v) is 4.88. The molecule has 0 aliphatic carbocycles. The Hall–Kier alpha value is -2.95. The van der Waals surface area contributed by atoms with E-state index in [1.165, 1.54) is 16.7 Å². The van der Waals surface area contributed by atoms with Crippen molar-refractivity contribution in [2.45, 2.75) is 33.1 Å². The van der Waals surface area contributed by atoms with Gasteiger partial charge in [0, 0.05) is 19.5 Å². The summed E-state index contributed by atoms with van der Waals surface area (Å²) in [5, 5.41) is 2.87. The average Bonchev–Trinajstić information content (AvgIpc) is 2.89. The molecule has 2 aromatic carbocycles. The average molecular weight is 364 g/mol. The molecule has 1 aliphatic rings. The zero-order valence-electron chi connectivity index (χ0n) is 15.7. The number of hydrogen-bond acceptors (Lipinski definition) is 3. The summed E-state index contributed by atoms with van der Waals surface area (Å²) in [5.74, 6) is -0.788. The first-order valence-corrected chi connectivity index (χ1v) is 9.25. The van der Waals surface area contributed by atoms with Gasteiger partial charge in [0.2, 0.25) is 5.91 Å². The molecular weight excluding hydrogens is 340 g/mol. The molecule has 0 saturated carbocycles. The number of aryl methyl sites for hydroxylation is 3. The Bertz CT molecular complexity index is 854. The van der Waals surface area contributed by atoms with Crippen molar-refractivity contribution < 1.29 is 14.4 Å². The Labute approximate surface area is 159 Å². The van der Waals surface area contributed by atoms with E-state index >= 15 is 0 Å². The molecule has 0 spiro atoms. The smallest absolute Gasteiger partial charge is 0.261 e. The standard InChI is InChI=1S/C22H24N2O3/c1-15-9-10-17(16(2)14-15)6-5-12-23-20(25)11-13-24-21(26)18-7-3-4-8-19(18)22(24)27/h3-4,7-10,14H,5-6,11-13H2,1-2H3,(H,23,25). The van der Waals surface area contributed by atoms with E-state index in [1.54, 1.807) is 24.3 Å². The number of fused-ring (bicyclic) bond motifs is 1. The lowest BCUT2D eigenvalue weighted by atomic mass is 10.0. The second-order valence-electron chi connectivity index (χ2n) is 6.94. The van der Waals surface area contributed by atoms with Crippen LogP contribution < -0.4 is 5.32 Å². The molecule has 5 heteroatoms. The van der Waals surface area contributed by atoms with Crippen LogP contribution >= 0.6 is 0 Å². The molecule has 3 rings (SSSR count). The van der Waals surface area contributed by atoms with Crippen molar-refractivity contribution in [3.63, 3.8) is 0 Å². The number of carbonyl (C=O) groups excluding carboxylic acids is 3. The molecule has 3 amide bonds. The monoisotopic (exact) mass is 364 g/mol. The van der Waals surface area contributed by atoms with E-state index in [2.05, 4.69) is 37.4 Å². The maximum Gasteiger partial charge on any atom is 0.261 e. The molecule has 27 heavy (non-hydrogen) atoms. The molecule has 140 valence electrons. The number of carbonyl (C=O) groups is 3. The molecule has 0 atom stereocenters. The molecule has 0 saturated heterocycles. The molecule has 0 radical (unpaired) electrons. The fourth-order valence-corrected chi connectivity index (χ4v) is 3.38. The highest BCUT2D eigenvalue weighted by molar-refractivity contribution is 6.21. The summed E-state index contributed by atoms with van der Waals surface area (Å²) >= 11 is 0. The van der Waals surface area contributed by atoms with Gasteiger partial charge in [-0.05, 0) is 49.9 Å². The van der Waals surface area contributed by atoms with Crippen molar-refractivity contribution in [3.8, 4) is 0 Å². The molecular formula is C22H24N2O3. The first-order chi connectivity index (χ1) is 13.0. The van der Waals surface area contributed by atoms with Gasteiger partial charge in [-0.25, -0.2) is 0 Å². The molecule has 5 nitrogen and oxygen atoms in total. The lowest BCUT2D eigenvalue weighted by Gasteiger charge is -2.13. The van der Waals surface area contributed by atoms with Crippen LogP contribution in [0.1, 0.15) is 50.2 Å². The van der Waals surface area contributed by atoms with Gasteiger partial charge in [0.1, 0.15) is 0 Å². The van der Waals surface area contributed by atoms with Crippen molar-refractivity contribution >= 4 is 17.7 Å². The lowest BCUT2D eigenvalue weighted by molar-refractivity contribution is -0.121. The van der Waals surface area contributed by atoms with Crippen molar-refractivity contribution in [2.75, 3.05) is 13.1 Å². The number of benzene rings is 2. The molecule has 1 heterocycles. The van der Waals surface area contributed by atoms with Crippen LogP contribution in [0.5, 0.6) is 0 Å². The molecule has 0 bridgehead atoms. The Morgan fingerprint density at radius 2 is 1.67 bits per heavy atom. The fraction of sp³-hybridized carbons (Fsp3) is 0.318. The van der Waals surface area contributed by atoms with Crippen molar-refractivity contribution in [2.24, 2.45) is 0 Å². The predicted molar refractivity (Wildman–Crippen MR) is 104 cm³/mol. The van der Waals surface area contributed by atoms with Crippen molar-refractivity contribution in [1.29, 1.82) is 0 Å². The van der Waals surface area contributed by atoms with E-state index in [-0.39, 0.29) is 30.7 Å². The second kappa shape index (κ2) is 8.16. The third kappa shape index (κ3) is 4.25. The zero-order valence-corrected chi connectivity index (χ0v) is 15.7. The number of imide groups is 1. The highest BCUT2D eigenvalue weighted by Gasteiger charge is 2.34. The summed E-state index contributed by atoms with van der Waals surface area (Å²) in [7, 11) is 0. The van der Waals surface area contributed by atoms with Gasteiger partial charge >= 0.3 is 0 Å². The summed E-state index contributed by atoms with van der Waals surface area (Å²) < 4.78 is 0. The summed E-state index contributed by atoms with van der Waals surface area (Å²) in [5.41, 5.74) is 4.64.